The SMILES string of the molecule is CCOC(=O)N1CCN(c2nc3ccc(C)cc3cc2CNCC(C)c2ccccc2)CC1. The minimum atomic E-state index is -0.226. The Balaban J connectivity index is 1.50. The van der Waals surface area contributed by atoms with Crippen LogP contribution in [0.25, 0.3) is 10.9 Å². The summed E-state index contributed by atoms with van der Waals surface area (Å²) in [6.45, 7) is 11.0. The highest BCUT2D eigenvalue weighted by molar-refractivity contribution is 5.82. The number of nitrogens with zero attached hydrogens (tertiary/aromatic N) is 3. The molecule has 6 heteroatoms. The van der Waals surface area contributed by atoms with Crippen molar-refractivity contribution in [3.05, 3.63) is 71.3 Å². The van der Waals surface area contributed by atoms with E-state index in [9.17, 15) is 4.79 Å². The lowest BCUT2D eigenvalue weighted by Gasteiger charge is -2.35. The molecule has 3 aromatic rings. The summed E-state index contributed by atoms with van der Waals surface area (Å²) in [4.78, 5) is 21.2. The molecule has 0 saturated carbocycles. The summed E-state index contributed by atoms with van der Waals surface area (Å²) >= 11 is 0. The van der Waals surface area contributed by atoms with Crippen molar-refractivity contribution in [2.24, 2.45) is 0 Å². The number of hydrogen-bond acceptors (Lipinski definition) is 5. The van der Waals surface area contributed by atoms with Crippen LogP contribution in [0.1, 0.15) is 36.5 Å². The molecule has 4 rings (SSSR count). The van der Waals surface area contributed by atoms with E-state index < -0.39 is 0 Å². The summed E-state index contributed by atoms with van der Waals surface area (Å²) in [6, 6.07) is 19.3. The molecule has 1 N–H and O–H groups in total. The van der Waals surface area contributed by atoms with E-state index in [1.807, 2.05) is 6.92 Å². The molecule has 6 nitrogen and oxygen atoms in total. The standard InChI is InChI=1S/C27H34N4O2/c1-4-33-27(32)31-14-12-30(13-15-31)26-24(17-23-16-20(2)10-11-25(23)29-26)19-28-18-21(3)22-8-6-5-7-9-22/h5-11,16-17,21,28H,4,12-15,18-19H2,1-3H3. The van der Waals surface area contributed by atoms with Crippen molar-refractivity contribution in [1.82, 2.24) is 15.2 Å². The van der Waals surface area contributed by atoms with Crippen LogP contribution in [0.2, 0.25) is 0 Å². The lowest BCUT2D eigenvalue weighted by atomic mass is 10.0. The molecule has 1 saturated heterocycles. The van der Waals surface area contributed by atoms with Gasteiger partial charge in [-0.2, -0.15) is 0 Å². The van der Waals surface area contributed by atoms with E-state index in [4.69, 9.17) is 9.72 Å². The zero-order chi connectivity index (χ0) is 23.2. The first-order valence-electron chi connectivity index (χ1n) is 11.9. The maximum absolute atomic E-state index is 12.1. The Bertz CT molecular complexity index is 1080. The summed E-state index contributed by atoms with van der Waals surface area (Å²) in [6.07, 6.45) is -0.226. The molecule has 1 unspecified atom stereocenters. The summed E-state index contributed by atoms with van der Waals surface area (Å²) < 4.78 is 5.17. The Labute approximate surface area is 196 Å². The third kappa shape index (κ3) is 5.63. The highest BCUT2D eigenvalue weighted by atomic mass is 16.6. The fourth-order valence-electron chi connectivity index (χ4n) is 4.37. The first-order chi connectivity index (χ1) is 16.0. The molecule has 1 fully saturated rings. The summed E-state index contributed by atoms with van der Waals surface area (Å²) in [5.41, 5.74) is 4.77. The summed E-state index contributed by atoms with van der Waals surface area (Å²) in [5.74, 6) is 1.44. The predicted molar refractivity (Wildman–Crippen MR) is 134 cm³/mol. The van der Waals surface area contributed by atoms with Crippen molar-refractivity contribution in [3.63, 3.8) is 0 Å². The van der Waals surface area contributed by atoms with Crippen LogP contribution in [0.3, 0.4) is 0 Å². The van der Waals surface area contributed by atoms with E-state index in [0.29, 0.717) is 25.6 Å². The van der Waals surface area contributed by atoms with Crippen molar-refractivity contribution in [1.29, 1.82) is 0 Å². The molecule has 1 aliphatic rings. The van der Waals surface area contributed by atoms with Gasteiger partial charge in [-0.15, -0.1) is 0 Å². The molecule has 0 aliphatic carbocycles. The van der Waals surface area contributed by atoms with Gasteiger partial charge in [-0.05, 0) is 43.5 Å². The fraction of sp³-hybridized carbons (Fsp3) is 0.407. The second-order valence-corrected chi connectivity index (χ2v) is 8.78. The number of aromatic nitrogens is 1. The Morgan fingerprint density at radius 2 is 1.85 bits per heavy atom. The molecule has 2 aromatic carbocycles. The smallest absolute Gasteiger partial charge is 0.409 e. The second kappa shape index (κ2) is 10.7. The maximum atomic E-state index is 12.1. The van der Waals surface area contributed by atoms with E-state index in [1.54, 1.807) is 4.90 Å². The Hall–Kier alpha value is -3.12. The van der Waals surface area contributed by atoms with Gasteiger partial charge in [-0.25, -0.2) is 9.78 Å². The molecule has 0 radical (unpaired) electrons. The van der Waals surface area contributed by atoms with Crippen LogP contribution < -0.4 is 10.2 Å². The number of carbonyl (C=O) groups is 1. The van der Waals surface area contributed by atoms with Crippen molar-refractivity contribution in [3.8, 4) is 0 Å². The average Bonchev–Trinajstić information content (AvgIpc) is 2.84. The number of carbonyl (C=O) groups excluding carboxylic acids is 1. The van der Waals surface area contributed by atoms with Gasteiger partial charge >= 0.3 is 6.09 Å². The molecule has 1 aliphatic heterocycles. The third-order valence-corrected chi connectivity index (χ3v) is 6.27. The van der Waals surface area contributed by atoms with Crippen molar-refractivity contribution in [2.45, 2.75) is 33.2 Å². The van der Waals surface area contributed by atoms with Crippen LogP contribution in [-0.4, -0.2) is 55.3 Å². The molecule has 2 heterocycles. The Kier molecular flexibility index (Phi) is 7.45. The second-order valence-electron chi connectivity index (χ2n) is 8.78. The third-order valence-electron chi connectivity index (χ3n) is 6.27. The molecule has 1 amide bonds. The number of ether oxygens (including phenoxy) is 1. The van der Waals surface area contributed by atoms with Gasteiger partial charge in [0, 0.05) is 50.2 Å². The minimum absolute atomic E-state index is 0.226. The number of amides is 1. The largest absolute Gasteiger partial charge is 0.450 e. The van der Waals surface area contributed by atoms with Gasteiger partial charge < -0.3 is 19.9 Å². The number of fused-ring (bicyclic) bond motifs is 1. The first kappa shape index (κ1) is 23.1. The first-order valence-corrected chi connectivity index (χ1v) is 11.9. The number of anilines is 1. The minimum Gasteiger partial charge on any atom is -0.450 e. The predicted octanol–water partition coefficient (Wildman–Crippen LogP) is 4.72. The molecule has 1 atom stereocenters. The van der Waals surface area contributed by atoms with E-state index in [1.165, 1.54) is 16.7 Å². The van der Waals surface area contributed by atoms with Crippen molar-refractivity contribution < 1.29 is 9.53 Å². The lowest BCUT2D eigenvalue weighted by molar-refractivity contribution is 0.105. The maximum Gasteiger partial charge on any atom is 0.409 e. The van der Waals surface area contributed by atoms with Gasteiger partial charge in [0.15, 0.2) is 0 Å². The number of aryl methyl sites for hydroxylation is 1. The Morgan fingerprint density at radius 1 is 1.09 bits per heavy atom. The van der Waals surface area contributed by atoms with E-state index in [-0.39, 0.29) is 6.09 Å². The molecular weight excluding hydrogens is 412 g/mol. The zero-order valence-corrected chi connectivity index (χ0v) is 19.9. The van der Waals surface area contributed by atoms with E-state index in [0.717, 1.165) is 42.9 Å². The van der Waals surface area contributed by atoms with Gasteiger partial charge in [-0.1, -0.05) is 48.9 Å². The van der Waals surface area contributed by atoms with Crippen LogP contribution in [0, 0.1) is 6.92 Å². The monoisotopic (exact) mass is 446 g/mol. The highest BCUT2D eigenvalue weighted by Crippen LogP contribution is 2.26. The van der Waals surface area contributed by atoms with E-state index in [2.05, 4.69) is 78.7 Å². The van der Waals surface area contributed by atoms with Gasteiger partial charge in [0.05, 0.1) is 12.1 Å². The lowest BCUT2D eigenvalue weighted by Crippen LogP contribution is -2.49. The topological polar surface area (TPSA) is 57.7 Å². The van der Waals surface area contributed by atoms with Crippen LogP contribution in [-0.2, 0) is 11.3 Å². The molecule has 33 heavy (non-hydrogen) atoms. The number of piperazine rings is 1. The quantitative estimate of drug-likeness (QED) is 0.569. The van der Waals surface area contributed by atoms with Gasteiger partial charge in [0.2, 0.25) is 0 Å². The molecule has 174 valence electrons. The molecule has 0 spiro atoms. The van der Waals surface area contributed by atoms with Crippen LogP contribution in [0.15, 0.2) is 54.6 Å². The summed E-state index contributed by atoms with van der Waals surface area (Å²) in [5, 5.41) is 4.82. The Morgan fingerprint density at radius 3 is 2.58 bits per heavy atom. The fourth-order valence-corrected chi connectivity index (χ4v) is 4.37. The zero-order valence-electron chi connectivity index (χ0n) is 19.9. The average molecular weight is 447 g/mol. The highest BCUT2D eigenvalue weighted by Gasteiger charge is 2.24. The van der Waals surface area contributed by atoms with Crippen LogP contribution in [0.5, 0.6) is 0 Å². The van der Waals surface area contributed by atoms with Crippen LogP contribution >= 0.6 is 0 Å². The number of hydrogen-bond donors (Lipinski definition) is 1. The van der Waals surface area contributed by atoms with Gasteiger partial charge in [0.25, 0.3) is 0 Å². The molecule has 1 aromatic heterocycles. The van der Waals surface area contributed by atoms with Gasteiger partial charge in [0.1, 0.15) is 5.82 Å². The molecular formula is C27H34N4O2. The number of pyridine rings is 1. The molecule has 0 bridgehead atoms. The van der Waals surface area contributed by atoms with Crippen molar-refractivity contribution in [2.75, 3.05) is 44.2 Å². The van der Waals surface area contributed by atoms with Crippen molar-refractivity contribution >= 4 is 22.8 Å². The number of rotatable bonds is 7. The number of benzene rings is 2. The van der Waals surface area contributed by atoms with Crippen LogP contribution in [0.4, 0.5) is 10.6 Å². The summed E-state index contributed by atoms with van der Waals surface area (Å²) in [7, 11) is 0. The van der Waals surface area contributed by atoms with E-state index >= 15 is 0 Å². The normalized spacial score (nSPS) is 15.0. The number of nitrogens with one attached hydrogen (secondary N) is 1. The van der Waals surface area contributed by atoms with Gasteiger partial charge in [-0.3, -0.25) is 0 Å².